The maximum Gasteiger partial charge on any atom is 0.325 e. The van der Waals surface area contributed by atoms with Crippen LogP contribution in [-0.2, 0) is 14.3 Å². The first-order valence-electron chi connectivity index (χ1n) is 7.15. The van der Waals surface area contributed by atoms with Crippen LogP contribution in [0.2, 0.25) is 5.02 Å². The van der Waals surface area contributed by atoms with Crippen LogP contribution < -0.4 is 10.6 Å². The highest BCUT2D eigenvalue weighted by Crippen LogP contribution is 2.12. The van der Waals surface area contributed by atoms with Crippen LogP contribution in [0.1, 0.15) is 10.5 Å². The minimum Gasteiger partial charge on any atom is -0.454 e. The second-order valence-electron chi connectivity index (χ2n) is 4.88. The number of hydrogen-bond donors (Lipinski definition) is 2. The second kappa shape index (κ2) is 8.86. The first-order valence-corrected chi connectivity index (χ1v) is 7.53. The molecule has 2 N–H and O–H groups in total. The summed E-state index contributed by atoms with van der Waals surface area (Å²) in [6.07, 6.45) is 1.33. The number of ether oxygens (including phenoxy) is 1. The van der Waals surface area contributed by atoms with Gasteiger partial charge in [-0.2, -0.15) is 0 Å². The number of halogens is 3. The van der Waals surface area contributed by atoms with Crippen molar-refractivity contribution in [3.05, 3.63) is 58.9 Å². The van der Waals surface area contributed by atoms with Crippen LogP contribution in [0.25, 0.3) is 0 Å². The summed E-state index contributed by atoms with van der Waals surface area (Å²) < 4.78 is 30.5. The molecule has 2 amide bonds. The number of rotatable bonds is 6. The first-order chi connectivity index (χ1) is 12.3. The highest BCUT2D eigenvalue weighted by atomic mass is 35.5. The lowest BCUT2D eigenvalue weighted by molar-refractivity contribution is -0.146. The number of pyridine rings is 1. The summed E-state index contributed by atoms with van der Waals surface area (Å²) in [6.45, 7) is -1.16. The summed E-state index contributed by atoms with van der Waals surface area (Å²) in [6, 6.07) is 5.58. The van der Waals surface area contributed by atoms with Crippen LogP contribution in [0.5, 0.6) is 0 Å². The number of carbonyl (C=O) groups is 3. The lowest BCUT2D eigenvalue weighted by Crippen LogP contribution is -2.32. The maximum atomic E-state index is 13.0. The number of nitrogens with zero attached hydrogens (tertiary/aromatic N) is 1. The SMILES string of the molecule is O=C(COC(=O)CNC(=O)c1cc(Cl)ccn1)Nc1ccc(F)c(F)c1. The van der Waals surface area contributed by atoms with Gasteiger partial charge in [0.25, 0.3) is 11.8 Å². The summed E-state index contributed by atoms with van der Waals surface area (Å²) in [5.41, 5.74) is 0.0201. The molecule has 0 aliphatic rings. The van der Waals surface area contributed by atoms with E-state index in [9.17, 15) is 23.2 Å². The molecule has 1 aromatic carbocycles. The molecule has 136 valence electrons. The molecule has 0 saturated heterocycles. The fourth-order valence-electron chi connectivity index (χ4n) is 1.74. The lowest BCUT2D eigenvalue weighted by atomic mass is 10.3. The van der Waals surface area contributed by atoms with Crippen molar-refractivity contribution in [2.45, 2.75) is 0 Å². The Bertz CT molecular complexity index is 848. The number of hydrogen-bond acceptors (Lipinski definition) is 5. The summed E-state index contributed by atoms with van der Waals surface area (Å²) in [4.78, 5) is 38.7. The Morgan fingerprint density at radius 3 is 2.58 bits per heavy atom. The Morgan fingerprint density at radius 2 is 1.88 bits per heavy atom. The molecular weight excluding hydrogens is 372 g/mol. The van der Waals surface area contributed by atoms with E-state index in [0.717, 1.165) is 18.2 Å². The van der Waals surface area contributed by atoms with E-state index in [0.29, 0.717) is 5.02 Å². The Hall–Kier alpha value is -3.07. The van der Waals surface area contributed by atoms with Crippen molar-refractivity contribution < 1.29 is 27.9 Å². The number of nitrogens with one attached hydrogen (secondary N) is 2. The van der Waals surface area contributed by atoms with E-state index < -0.39 is 42.6 Å². The molecule has 0 fully saturated rings. The van der Waals surface area contributed by atoms with Gasteiger partial charge in [-0.1, -0.05) is 11.6 Å². The van der Waals surface area contributed by atoms with E-state index in [4.69, 9.17) is 11.6 Å². The molecular formula is C16H12ClF2N3O4. The standard InChI is InChI=1S/C16H12ClF2N3O4/c17-9-3-4-20-13(5-9)16(25)21-7-15(24)26-8-14(23)22-10-1-2-11(18)12(19)6-10/h1-6H,7-8H2,(H,21,25)(H,22,23). The van der Waals surface area contributed by atoms with E-state index >= 15 is 0 Å². The van der Waals surface area contributed by atoms with Gasteiger partial charge in [0.15, 0.2) is 18.2 Å². The van der Waals surface area contributed by atoms with Crippen LogP contribution >= 0.6 is 11.6 Å². The average Bonchev–Trinajstić information content (AvgIpc) is 2.61. The van der Waals surface area contributed by atoms with Crippen molar-refractivity contribution in [2.75, 3.05) is 18.5 Å². The number of aromatic nitrogens is 1. The summed E-state index contributed by atoms with van der Waals surface area (Å²) >= 11 is 5.72. The number of anilines is 1. The van der Waals surface area contributed by atoms with E-state index in [1.54, 1.807) is 0 Å². The quantitative estimate of drug-likeness (QED) is 0.743. The minimum absolute atomic E-state index is 0.00489. The second-order valence-corrected chi connectivity index (χ2v) is 5.32. The van der Waals surface area contributed by atoms with Gasteiger partial charge in [-0.15, -0.1) is 0 Å². The number of amides is 2. The molecule has 2 aromatic rings. The highest BCUT2D eigenvalue weighted by Gasteiger charge is 2.12. The fourth-order valence-corrected chi connectivity index (χ4v) is 1.90. The smallest absolute Gasteiger partial charge is 0.325 e. The van der Waals surface area contributed by atoms with Gasteiger partial charge in [-0.05, 0) is 24.3 Å². The number of benzene rings is 1. The van der Waals surface area contributed by atoms with E-state index in [-0.39, 0.29) is 11.4 Å². The Morgan fingerprint density at radius 1 is 1.12 bits per heavy atom. The first kappa shape index (κ1) is 19.3. The largest absolute Gasteiger partial charge is 0.454 e. The number of esters is 1. The van der Waals surface area contributed by atoms with Crippen LogP contribution in [0.4, 0.5) is 14.5 Å². The van der Waals surface area contributed by atoms with Crippen molar-refractivity contribution in [3.63, 3.8) is 0 Å². The van der Waals surface area contributed by atoms with Crippen molar-refractivity contribution in [1.82, 2.24) is 10.3 Å². The molecule has 1 aromatic heterocycles. The van der Waals surface area contributed by atoms with Crippen LogP contribution in [-0.4, -0.2) is 35.9 Å². The number of carbonyl (C=O) groups excluding carboxylic acids is 3. The summed E-state index contributed by atoms with van der Waals surface area (Å²) in [7, 11) is 0. The molecule has 0 aliphatic carbocycles. The molecule has 10 heteroatoms. The van der Waals surface area contributed by atoms with Crippen LogP contribution in [0, 0.1) is 11.6 Å². The van der Waals surface area contributed by atoms with Crippen molar-refractivity contribution >= 4 is 35.1 Å². The summed E-state index contributed by atoms with van der Waals surface area (Å²) in [5.74, 6) is -4.46. The fraction of sp³-hybridized carbons (Fsp3) is 0.125. The van der Waals surface area contributed by atoms with E-state index in [2.05, 4.69) is 20.4 Å². The topological polar surface area (TPSA) is 97.4 Å². The van der Waals surface area contributed by atoms with Gasteiger partial charge in [0, 0.05) is 23.0 Å². The molecule has 2 rings (SSSR count). The monoisotopic (exact) mass is 383 g/mol. The molecule has 26 heavy (non-hydrogen) atoms. The molecule has 0 radical (unpaired) electrons. The van der Waals surface area contributed by atoms with E-state index in [1.807, 2.05) is 0 Å². The van der Waals surface area contributed by atoms with Crippen LogP contribution in [0.15, 0.2) is 36.5 Å². The molecule has 0 atom stereocenters. The van der Waals surface area contributed by atoms with Crippen molar-refractivity contribution in [2.24, 2.45) is 0 Å². The van der Waals surface area contributed by atoms with Gasteiger partial charge in [-0.3, -0.25) is 19.4 Å². The third-order valence-corrected chi connectivity index (χ3v) is 3.15. The normalized spacial score (nSPS) is 10.1. The van der Waals surface area contributed by atoms with Gasteiger partial charge >= 0.3 is 5.97 Å². The van der Waals surface area contributed by atoms with Gasteiger partial charge in [0.1, 0.15) is 12.2 Å². The Labute approximate surface area is 151 Å². The van der Waals surface area contributed by atoms with Gasteiger partial charge < -0.3 is 15.4 Å². The Kier molecular flexibility index (Phi) is 6.56. The maximum absolute atomic E-state index is 13.0. The Balaban J connectivity index is 1.74. The third-order valence-electron chi connectivity index (χ3n) is 2.92. The third kappa shape index (κ3) is 5.78. The molecule has 0 bridgehead atoms. The molecule has 0 spiro atoms. The molecule has 7 nitrogen and oxygen atoms in total. The van der Waals surface area contributed by atoms with Gasteiger partial charge in [0.2, 0.25) is 0 Å². The predicted octanol–water partition coefficient (Wildman–Crippen LogP) is 1.92. The molecule has 0 saturated carbocycles. The zero-order valence-electron chi connectivity index (χ0n) is 13.1. The van der Waals surface area contributed by atoms with E-state index in [1.165, 1.54) is 18.3 Å². The van der Waals surface area contributed by atoms with Crippen molar-refractivity contribution in [1.29, 1.82) is 0 Å². The van der Waals surface area contributed by atoms with Gasteiger partial charge in [0.05, 0.1) is 0 Å². The molecule has 1 heterocycles. The van der Waals surface area contributed by atoms with Crippen molar-refractivity contribution in [3.8, 4) is 0 Å². The summed E-state index contributed by atoms with van der Waals surface area (Å²) in [5, 5.41) is 4.79. The molecule has 0 unspecified atom stereocenters. The zero-order valence-corrected chi connectivity index (χ0v) is 13.8. The molecule has 0 aliphatic heterocycles. The van der Waals surface area contributed by atoms with Crippen LogP contribution in [0.3, 0.4) is 0 Å². The minimum atomic E-state index is -1.13. The predicted molar refractivity (Wildman–Crippen MR) is 87.5 cm³/mol. The average molecular weight is 384 g/mol. The van der Waals surface area contributed by atoms with Gasteiger partial charge in [-0.25, -0.2) is 8.78 Å². The zero-order chi connectivity index (χ0) is 19.1. The lowest BCUT2D eigenvalue weighted by Gasteiger charge is -2.08. The highest BCUT2D eigenvalue weighted by molar-refractivity contribution is 6.30.